The number of rotatable bonds is 11. The number of carboxylic acids is 1. The number of ether oxygens (including phenoxy) is 1. The zero-order valence-electron chi connectivity index (χ0n) is 24.3. The van der Waals surface area contributed by atoms with Crippen molar-refractivity contribution in [3.05, 3.63) is 83.6 Å². The molecule has 248 valence electrons. The molecule has 17 heteroatoms. The topological polar surface area (TPSA) is 180 Å². The van der Waals surface area contributed by atoms with Gasteiger partial charge in [-0.3, -0.25) is 4.72 Å². The van der Waals surface area contributed by atoms with Crippen molar-refractivity contribution in [3.63, 3.8) is 0 Å². The van der Waals surface area contributed by atoms with Crippen LogP contribution in [0.15, 0.2) is 78.0 Å². The van der Waals surface area contributed by atoms with E-state index in [1.165, 1.54) is 18.2 Å². The van der Waals surface area contributed by atoms with Gasteiger partial charge in [-0.2, -0.15) is 13.2 Å². The van der Waals surface area contributed by atoms with Gasteiger partial charge in [0.2, 0.25) is 0 Å². The number of carboxylic acid groups (broad SMARTS) is 2. The van der Waals surface area contributed by atoms with Gasteiger partial charge in [-0.15, -0.1) is 0 Å². The molecule has 1 atom stereocenters. The summed E-state index contributed by atoms with van der Waals surface area (Å²) in [4.78, 5) is 24.2. The first kappa shape index (κ1) is 36.1. The molecule has 0 amide bonds. The van der Waals surface area contributed by atoms with Crippen LogP contribution in [0, 0.1) is 0 Å². The molecule has 12 nitrogen and oxygen atoms in total. The summed E-state index contributed by atoms with van der Waals surface area (Å²) in [5.74, 6) is -2.73. The van der Waals surface area contributed by atoms with Crippen LogP contribution in [0.25, 0.3) is 11.0 Å². The van der Waals surface area contributed by atoms with E-state index < -0.39 is 34.4 Å². The van der Waals surface area contributed by atoms with Gasteiger partial charge >= 0.3 is 18.3 Å². The molecule has 0 spiro atoms. The molecule has 4 rings (SSSR count). The number of hydrogen-bond donors (Lipinski definition) is 5. The molecule has 0 unspecified atom stereocenters. The molecule has 1 heterocycles. The van der Waals surface area contributed by atoms with Crippen molar-refractivity contribution in [2.24, 2.45) is 0 Å². The smallest absolute Gasteiger partial charge is 0.475 e. The van der Waals surface area contributed by atoms with Crippen molar-refractivity contribution in [3.8, 4) is 5.75 Å². The quantitative estimate of drug-likeness (QED) is 0.0974. The van der Waals surface area contributed by atoms with E-state index in [9.17, 15) is 31.5 Å². The van der Waals surface area contributed by atoms with Crippen LogP contribution < -0.4 is 14.8 Å². The summed E-state index contributed by atoms with van der Waals surface area (Å²) in [6.45, 7) is 4.84. The van der Waals surface area contributed by atoms with Gasteiger partial charge in [0.1, 0.15) is 10.5 Å². The Bertz CT molecular complexity index is 1780. The molecular weight excluding hydrogens is 657 g/mol. The SMILES string of the molecule is CC(C)(CCn1cnc2c(Cl)c(OC(=O)O)ccc21)NC[C@H](O)c1cccc(NS(=O)(=O)c2ccccc2)c1.O=C(O)C(F)(F)F. The maximum absolute atomic E-state index is 12.6. The van der Waals surface area contributed by atoms with E-state index in [-0.39, 0.29) is 27.8 Å². The van der Waals surface area contributed by atoms with Crippen LogP contribution in [-0.4, -0.2) is 63.7 Å². The fourth-order valence-corrected chi connectivity index (χ4v) is 5.35. The fourth-order valence-electron chi connectivity index (χ4n) is 4.03. The number of fused-ring (bicyclic) bond motifs is 1. The molecule has 0 bridgehead atoms. The normalized spacial score (nSPS) is 12.6. The van der Waals surface area contributed by atoms with Crippen LogP contribution >= 0.6 is 11.6 Å². The number of hydrogen-bond acceptors (Lipinski definition) is 8. The highest BCUT2D eigenvalue weighted by atomic mass is 35.5. The number of nitrogens with zero attached hydrogens (tertiary/aromatic N) is 2. The van der Waals surface area contributed by atoms with Gasteiger partial charge in [-0.05, 0) is 62.2 Å². The first-order chi connectivity index (χ1) is 21.4. The number of aliphatic carboxylic acids is 1. The summed E-state index contributed by atoms with van der Waals surface area (Å²) in [5, 5.41) is 30.3. The molecule has 4 aromatic rings. The minimum Gasteiger partial charge on any atom is -0.475 e. The Hall–Kier alpha value is -4.38. The molecule has 0 saturated heterocycles. The maximum atomic E-state index is 12.6. The zero-order chi connectivity index (χ0) is 34.3. The highest BCUT2D eigenvalue weighted by Crippen LogP contribution is 2.32. The molecule has 0 saturated carbocycles. The Labute approximate surface area is 266 Å². The van der Waals surface area contributed by atoms with Gasteiger partial charge in [-0.25, -0.2) is 23.0 Å². The van der Waals surface area contributed by atoms with E-state index in [1.54, 1.807) is 54.9 Å². The number of benzene rings is 3. The molecule has 0 aliphatic carbocycles. The second-order valence-corrected chi connectivity index (χ2v) is 12.5. The van der Waals surface area contributed by atoms with Crippen LogP contribution in [0.4, 0.5) is 23.7 Å². The Balaban J connectivity index is 0.000000738. The predicted molar refractivity (Wildman–Crippen MR) is 162 cm³/mol. The summed E-state index contributed by atoms with van der Waals surface area (Å²) >= 11 is 6.27. The third kappa shape index (κ3) is 10.1. The van der Waals surface area contributed by atoms with Gasteiger partial charge in [-0.1, -0.05) is 41.9 Å². The molecule has 5 N–H and O–H groups in total. The first-order valence-electron chi connectivity index (χ1n) is 13.3. The number of sulfonamides is 1. The Morgan fingerprint density at radius 1 is 1.04 bits per heavy atom. The number of aryl methyl sites for hydroxylation is 1. The number of aromatic nitrogens is 2. The highest BCUT2D eigenvalue weighted by Gasteiger charge is 2.38. The second-order valence-electron chi connectivity index (χ2n) is 10.4. The lowest BCUT2D eigenvalue weighted by Gasteiger charge is -2.28. The number of anilines is 1. The standard InChI is InChI=1S/C27H29ClN4O6S.C2HF3O2/c1-27(2,13-14-32-17-29-25-21(32)11-12-23(24(25)28)38-26(34)35)30-16-22(33)18-7-6-8-19(15-18)31-39(36,37)20-9-4-3-5-10-20;3-2(4,5)1(6)7/h3-12,15,17,22,30-31,33H,13-14,16H2,1-2H3,(H,34,35);(H,6,7)/t22-;/m0./s1. The summed E-state index contributed by atoms with van der Waals surface area (Å²) in [6, 6.07) is 17.9. The lowest BCUT2D eigenvalue weighted by molar-refractivity contribution is -0.192. The number of imidazole rings is 1. The Morgan fingerprint density at radius 2 is 1.70 bits per heavy atom. The van der Waals surface area contributed by atoms with E-state index in [1.807, 2.05) is 18.4 Å². The molecule has 0 aliphatic heterocycles. The van der Waals surface area contributed by atoms with Gasteiger partial charge in [0.25, 0.3) is 10.0 Å². The molecule has 0 radical (unpaired) electrons. The maximum Gasteiger partial charge on any atom is 0.511 e. The number of aliphatic hydroxyl groups is 1. The molecule has 0 aliphatic rings. The van der Waals surface area contributed by atoms with Crippen LogP contribution in [0.1, 0.15) is 31.9 Å². The van der Waals surface area contributed by atoms with Crippen LogP contribution in [0.5, 0.6) is 5.75 Å². The third-order valence-corrected chi connectivity index (χ3v) is 8.23. The van der Waals surface area contributed by atoms with E-state index in [2.05, 4.69) is 19.8 Å². The molecule has 46 heavy (non-hydrogen) atoms. The molecular formula is C29H30ClF3N4O8S. The minimum absolute atomic E-state index is 0.0230. The van der Waals surface area contributed by atoms with Crippen molar-refractivity contribution in [1.29, 1.82) is 0 Å². The first-order valence-corrected chi connectivity index (χ1v) is 15.2. The van der Waals surface area contributed by atoms with Crippen LogP contribution in [0.2, 0.25) is 5.02 Å². The molecule has 1 aromatic heterocycles. The summed E-state index contributed by atoms with van der Waals surface area (Å²) in [6.07, 6.45) is -5.10. The highest BCUT2D eigenvalue weighted by molar-refractivity contribution is 7.92. The summed E-state index contributed by atoms with van der Waals surface area (Å²) in [7, 11) is -3.74. The van der Waals surface area contributed by atoms with E-state index >= 15 is 0 Å². The number of halogens is 4. The lowest BCUT2D eigenvalue weighted by atomic mass is 9.99. The van der Waals surface area contributed by atoms with Crippen molar-refractivity contribution in [2.45, 2.75) is 49.5 Å². The van der Waals surface area contributed by atoms with E-state index in [0.717, 1.165) is 5.52 Å². The fraction of sp³-hybridized carbons (Fsp3) is 0.276. The van der Waals surface area contributed by atoms with Crippen molar-refractivity contribution in [2.75, 3.05) is 11.3 Å². The van der Waals surface area contributed by atoms with Crippen molar-refractivity contribution < 1.29 is 51.2 Å². The van der Waals surface area contributed by atoms with Crippen molar-refractivity contribution >= 4 is 50.5 Å². The largest absolute Gasteiger partial charge is 0.511 e. The number of alkyl halides is 3. The lowest BCUT2D eigenvalue weighted by Crippen LogP contribution is -2.42. The third-order valence-electron chi connectivity index (χ3n) is 6.46. The monoisotopic (exact) mass is 686 g/mol. The minimum atomic E-state index is -5.08. The van der Waals surface area contributed by atoms with Gasteiger partial charge in [0, 0.05) is 24.3 Å². The predicted octanol–water partition coefficient (Wildman–Crippen LogP) is 5.67. The van der Waals surface area contributed by atoms with Crippen LogP contribution in [-0.2, 0) is 21.4 Å². The van der Waals surface area contributed by atoms with Gasteiger partial charge in [0.15, 0.2) is 5.75 Å². The average Bonchev–Trinajstić information content (AvgIpc) is 3.40. The summed E-state index contributed by atoms with van der Waals surface area (Å²) in [5.41, 5.74) is 1.74. The zero-order valence-corrected chi connectivity index (χ0v) is 25.9. The number of carbonyl (C=O) groups is 2. The summed E-state index contributed by atoms with van der Waals surface area (Å²) < 4.78 is 66.2. The molecule has 0 fully saturated rings. The van der Waals surface area contributed by atoms with Gasteiger partial charge in [0.05, 0.1) is 22.8 Å². The number of β-amino-alcohol motifs (C(OH)–C–C–N with tert-alkyl or cyclic N) is 1. The van der Waals surface area contributed by atoms with Gasteiger partial charge < -0.3 is 29.9 Å². The van der Waals surface area contributed by atoms with E-state index in [4.69, 9.17) is 26.6 Å². The average molecular weight is 687 g/mol. The second kappa shape index (κ2) is 14.8. The van der Waals surface area contributed by atoms with Crippen LogP contribution in [0.3, 0.4) is 0 Å². The number of aliphatic hydroxyl groups excluding tert-OH is 1. The Kier molecular flexibility index (Phi) is 11.6. The van der Waals surface area contributed by atoms with E-state index in [0.29, 0.717) is 29.7 Å². The number of nitrogens with one attached hydrogen (secondary N) is 2. The molecule has 3 aromatic carbocycles. The van der Waals surface area contributed by atoms with Crippen molar-refractivity contribution in [1.82, 2.24) is 14.9 Å². The Morgan fingerprint density at radius 3 is 2.30 bits per heavy atom.